The lowest BCUT2D eigenvalue weighted by Gasteiger charge is -2.09. The molecule has 32 heavy (non-hydrogen) atoms. The highest BCUT2D eigenvalue weighted by molar-refractivity contribution is 7.99. The fraction of sp³-hybridized carbons (Fsp3) is 0.111. The summed E-state index contributed by atoms with van der Waals surface area (Å²) < 4.78 is 5.96. The topological polar surface area (TPSA) is 50.7 Å². The Balaban J connectivity index is 1.22. The van der Waals surface area contributed by atoms with Crippen molar-refractivity contribution < 1.29 is 9.53 Å². The summed E-state index contributed by atoms with van der Waals surface area (Å²) in [7, 11) is 0. The number of nitrogens with one attached hydrogen (secondary N) is 1. The number of benzene rings is 4. The fourth-order valence-electron chi connectivity index (χ4n) is 3.28. The monoisotopic (exact) mass is 440 g/mol. The van der Waals surface area contributed by atoms with Gasteiger partial charge < -0.3 is 4.74 Å². The van der Waals surface area contributed by atoms with Gasteiger partial charge in [-0.3, -0.25) is 4.79 Å². The van der Waals surface area contributed by atoms with Gasteiger partial charge in [0.2, 0.25) is 5.91 Å². The van der Waals surface area contributed by atoms with Crippen molar-refractivity contribution in [1.29, 1.82) is 0 Å². The lowest BCUT2D eigenvalue weighted by Crippen LogP contribution is -2.19. The van der Waals surface area contributed by atoms with Gasteiger partial charge in [0.05, 0.1) is 12.0 Å². The van der Waals surface area contributed by atoms with E-state index in [-0.39, 0.29) is 5.91 Å². The first-order chi connectivity index (χ1) is 15.8. The van der Waals surface area contributed by atoms with E-state index in [4.69, 9.17) is 4.74 Å². The van der Waals surface area contributed by atoms with Crippen molar-refractivity contribution in [3.05, 3.63) is 114 Å². The second-order valence-electron chi connectivity index (χ2n) is 7.27. The van der Waals surface area contributed by atoms with E-state index >= 15 is 0 Å². The number of hydrazone groups is 1. The van der Waals surface area contributed by atoms with Gasteiger partial charge in [-0.15, -0.1) is 11.8 Å². The molecule has 4 aromatic carbocycles. The molecule has 4 nitrogen and oxygen atoms in total. The maximum absolute atomic E-state index is 11.9. The van der Waals surface area contributed by atoms with Gasteiger partial charge in [0, 0.05) is 5.75 Å². The van der Waals surface area contributed by atoms with E-state index in [1.54, 1.807) is 18.0 Å². The molecular weight excluding hydrogens is 416 g/mol. The molecule has 0 aliphatic rings. The molecule has 0 saturated heterocycles. The number of rotatable bonds is 9. The van der Waals surface area contributed by atoms with Crippen LogP contribution in [0.2, 0.25) is 0 Å². The SMILES string of the molecule is O=C(CSCc1ccccc1)N/N=C\c1ccc(OCc2cccc3ccccc23)cc1. The summed E-state index contributed by atoms with van der Waals surface area (Å²) in [6.45, 7) is 0.505. The van der Waals surface area contributed by atoms with Crippen LogP contribution in [-0.4, -0.2) is 17.9 Å². The highest BCUT2D eigenvalue weighted by Gasteiger charge is 2.02. The molecular formula is C27H24N2O2S. The van der Waals surface area contributed by atoms with Crippen LogP contribution in [0.4, 0.5) is 0 Å². The number of hydrogen-bond acceptors (Lipinski definition) is 4. The van der Waals surface area contributed by atoms with E-state index in [0.717, 1.165) is 22.6 Å². The lowest BCUT2D eigenvalue weighted by molar-refractivity contribution is -0.118. The molecule has 4 aromatic rings. The first-order valence-electron chi connectivity index (χ1n) is 10.4. The number of fused-ring (bicyclic) bond motifs is 1. The van der Waals surface area contributed by atoms with E-state index in [1.165, 1.54) is 16.3 Å². The number of hydrogen-bond donors (Lipinski definition) is 1. The van der Waals surface area contributed by atoms with Gasteiger partial charge in [-0.25, -0.2) is 5.43 Å². The Morgan fingerprint density at radius 1 is 0.875 bits per heavy atom. The van der Waals surface area contributed by atoms with Gasteiger partial charge in [0.25, 0.3) is 0 Å². The molecule has 0 aliphatic carbocycles. The molecule has 0 fully saturated rings. The minimum Gasteiger partial charge on any atom is -0.489 e. The van der Waals surface area contributed by atoms with Crippen molar-refractivity contribution in [2.24, 2.45) is 5.10 Å². The Kier molecular flexibility index (Phi) is 7.55. The molecule has 0 saturated carbocycles. The van der Waals surface area contributed by atoms with Crippen LogP contribution in [0.5, 0.6) is 5.75 Å². The van der Waals surface area contributed by atoms with Crippen LogP contribution in [-0.2, 0) is 17.2 Å². The average Bonchev–Trinajstić information content (AvgIpc) is 2.84. The van der Waals surface area contributed by atoms with Crippen LogP contribution < -0.4 is 10.2 Å². The van der Waals surface area contributed by atoms with Gasteiger partial charge in [-0.05, 0) is 51.7 Å². The Hall–Kier alpha value is -3.57. The number of carbonyl (C=O) groups is 1. The second-order valence-corrected chi connectivity index (χ2v) is 8.25. The molecule has 1 N–H and O–H groups in total. The van der Waals surface area contributed by atoms with E-state index in [1.807, 2.05) is 54.6 Å². The summed E-state index contributed by atoms with van der Waals surface area (Å²) >= 11 is 1.56. The van der Waals surface area contributed by atoms with Crippen LogP contribution >= 0.6 is 11.8 Å². The summed E-state index contributed by atoms with van der Waals surface area (Å²) in [6.07, 6.45) is 1.63. The number of nitrogens with zero attached hydrogens (tertiary/aromatic N) is 1. The summed E-state index contributed by atoms with van der Waals surface area (Å²) in [5, 5.41) is 6.46. The summed E-state index contributed by atoms with van der Waals surface area (Å²) in [4.78, 5) is 11.9. The third-order valence-electron chi connectivity index (χ3n) is 4.90. The predicted molar refractivity (Wildman–Crippen MR) is 133 cm³/mol. The van der Waals surface area contributed by atoms with Gasteiger partial charge in [-0.2, -0.15) is 5.10 Å². The molecule has 0 atom stereocenters. The summed E-state index contributed by atoms with van der Waals surface area (Å²) in [6, 6.07) is 32.3. The van der Waals surface area contributed by atoms with Crippen LogP contribution in [0.3, 0.4) is 0 Å². The van der Waals surface area contributed by atoms with Crippen molar-refractivity contribution in [3.63, 3.8) is 0 Å². The standard InChI is InChI=1S/C27H24N2O2S/c30-27(20-32-19-22-7-2-1-3-8-22)29-28-17-21-13-15-25(16-14-21)31-18-24-11-6-10-23-9-4-5-12-26(23)24/h1-17H,18-20H2,(H,29,30)/b28-17-. The zero-order chi connectivity index (χ0) is 22.0. The molecule has 0 heterocycles. The highest BCUT2D eigenvalue weighted by atomic mass is 32.2. The number of thioether (sulfide) groups is 1. The summed E-state index contributed by atoms with van der Waals surface area (Å²) in [5.74, 6) is 1.85. The van der Waals surface area contributed by atoms with Crippen LogP contribution in [0.1, 0.15) is 16.7 Å². The molecule has 0 bridgehead atoms. The predicted octanol–water partition coefficient (Wildman–Crippen LogP) is 5.80. The van der Waals surface area contributed by atoms with E-state index in [9.17, 15) is 4.79 Å². The molecule has 0 aliphatic heterocycles. The third kappa shape index (κ3) is 6.22. The number of ether oxygens (including phenoxy) is 1. The minimum atomic E-state index is -0.114. The Bertz CT molecular complexity index is 1190. The van der Waals surface area contributed by atoms with Gasteiger partial charge in [0.15, 0.2) is 0 Å². The smallest absolute Gasteiger partial charge is 0.250 e. The molecule has 1 amide bonds. The van der Waals surface area contributed by atoms with E-state index in [0.29, 0.717) is 12.4 Å². The third-order valence-corrected chi connectivity index (χ3v) is 5.91. The minimum absolute atomic E-state index is 0.114. The van der Waals surface area contributed by atoms with Crippen LogP contribution in [0.25, 0.3) is 10.8 Å². The van der Waals surface area contributed by atoms with Crippen molar-refractivity contribution >= 4 is 34.7 Å². The Morgan fingerprint density at radius 2 is 1.62 bits per heavy atom. The molecule has 0 unspecified atom stereocenters. The van der Waals surface area contributed by atoms with Gasteiger partial charge >= 0.3 is 0 Å². The summed E-state index contributed by atoms with van der Waals surface area (Å²) in [5.41, 5.74) is 5.82. The molecule has 0 spiro atoms. The fourth-order valence-corrected chi connectivity index (χ4v) is 4.06. The van der Waals surface area contributed by atoms with Gasteiger partial charge in [-0.1, -0.05) is 72.8 Å². The van der Waals surface area contributed by atoms with E-state index < -0.39 is 0 Å². The first kappa shape index (κ1) is 21.7. The van der Waals surface area contributed by atoms with Crippen LogP contribution in [0, 0.1) is 0 Å². The van der Waals surface area contributed by atoms with Crippen molar-refractivity contribution in [3.8, 4) is 5.75 Å². The lowest BCUT2D eigenvalue weighted by atomic mass is 10.1. The van der Waals surface area contributed by atoms with Gasteiger partial charge in [0.1, 0.15) is 12.4 Å². The van der Waals surface area contributed by atoms with E-state index in [2.05, 4.69) is 53.0 Å². The van der Waals surface area contributed by atoms with Crippen molar-refractivity contribution in [1.82, 2.24) is 5.43 Å². The number of amides is 1. The molecule has 160 valence electrons. The zero-order valence-electron chi connectivity index (χ0n) is 17.6. The number of carbonyl (C=O) groups excluding carboxylic acids is 1. The molecule has 5 heteroatoms. The highest BCUT2D eigenvalue weighted by Crippen LogP contribution is 2.21. The maximum atomic E-state index is 11.9. The second kappa shape index (κ2) is 11.2. The maximum Gasteiger partial charge on any atom is 0.250 e. The first-order valence-corrected chi connectivity index (χ1v) is 11.6. The largest absolute Gasteiger partial charge is 0.489 e. The van der Waals surface area contributed by atoms with Crippen molar-refractivity contribution in [2.45, 2.75) is 12.4 Å². The molecule has 0 radical (unpaired) electrons. The van der Waals surface area contributed by atoms with Crippen LogP contribution in [0.15, 0.2) is 102 Å². The Labute approximate surface area is 192 Å². The van der Waals surface area contributed by atoms with Crippen molar-refractivity contribution in [2.75, 3.05) is 5.75 Å². The molecule has 0 aromatic heterocycles. The normalized spacial score (nSPS) is 11.0. The average molecular weight is 441 g/mol. The Morgan fingerprint density at radius 3 is 2.47 bits per heavy atom. The molecule has 4 rings (SSSR count). The zero-order valence-corrected chi connectivity index (χ0v) is 18.4. The quantitative estimate of drug-likeness (QED) is 0.264.